The van der Waals surface area contributed by atoms with E-state index in [2.05, 4.69) is 0 Å². The molecule has 29 heavy (non-hydrogen) atoms. The molecule has 0 amide bonds. The van der Waals surface area contributed by atoms with E-state index in [0.717, 1.165) is 5.56 Å². The molecule has 1 aliphatic heterocycles. The average molecular weight is 444 g/mol. The molecule has 2 aromatic carbocycles. The molecular weight excluding hydrogens is 421 g/mol. The summed E-state index contributed by atoms with van der Waals surface area (Å²) in [6.07, 6.45) is 4.96. The zero-order chi connectivity index (χ0) is 20.1. The normalized spacial score (nSPS) is 19.9. The van der Waals surface area contributed by atoms with Crippen molar-refractivity contribution in [3.05, 3.63) is 77.3 Å². The Balaban J connectivity index is 0.00000225. The molecule has 1 saturated heterocycles. The van der Waals surface area contributed by atoms with Crippen molar-refractivity contribution in [3.8, 4) is 0 Å². The van der Waals surface area contributed by atoms with Crippen LogP contribution >= 0.6 is 11.6 Å². The van der Waals surface area contributed by atoms with Gasteiger partial charge in [-0.25, -0.2) is 8.42 Å². The van der Waals surface area contributed by atoms with Crippen LogP contribution in [0.15, 0.2) is 71.6 Å². The summed E-state index contributed by atoms with van der Waals surface area (Å²) in [6, 6.07) is 15.4. The fourth-order valence-corrected chi connectivity index (χ4v) is 5.34. The first kappa shape index (κ1) is 24.1. The summed E-state index contributed by atoms with van der Waals surface area (Å²) in [5, 5.41) is 9.28. The van der Waals surface area contributed by atoms with Gasteiger partial charge in [-0.05, 0) is 48.6 Å². The SMILES string of the molecule is O=C(O)CC/C=C\C1CCN(S(=O)(=O)c2ccc(Cl)cc2)C1c1ccccc1.[H-].[Na+]. The summed E-state index contributed by atoms with van der Waals surface area (Å²) in [7, 11) is -3.68. The zero-order valence-electron chi connectivity index (χ0n) is 17.2. The van der Waals surface area contributed by atoms with Gasteiger partial charge in [-0.15, -0.1) is 0 Å². The van der Waals surface area contributed by atoms with Gasteiger partial charge >= 0.3 is 35.5 Å². The van der Waals surface area contributed by atoms with E-state index in [0.29, 0.717) is 24.4 Å². The Morgan fingerprint density at radius 3 is 2.45 bits per heavy atom. The van der Waals surface area contributed by atoms with E-state index in [1.54, 1.807) is 12.1 Å². The third-order valence-electron chi connectivity index (χ3n) is 4.87. The molecule has 1 fully saturated rings. The minimum Gasteiger partial charge on any atom is -1.00 e. The van der Waals surface area contributed by atoms with E-state index >= 15 is 0 Å². The molecular formula is C21H23ClNNaO4S. The minimum atomic E-state index is -3.68. The van der Waals surface area contributed by atoms with Crippen molar-refractivity contribution >= 4 is 27.6 Å². The van der Waals surface area contributed by atoms with E-state index < -0.39 is 16.0 Å². The number of halogens is 1. The van der Waals surface area contributed by atoms with Gasteiger partial charge in [0, 0.05) is 18.0 Å². The fraction of sp³-hybridized carbons (Fsp3) is 0.286. The molecule has 1 aliphatic rings. The van der Waals surface area contributed by atoms with E-state index in [4.69, 9.17) is 16.7 Å². The number of benzene rings is 2. The molecule has 3 rings (SSSR count). The van der Waals surface area contributed by atoms with Crippen molar-refractivity contribution in [2.24, 2.45) is 5.92 Å². The standard InChI is InChI=1S/C21H22ClNO4S.Na.H/c22-18-10-12-19(13-11-18)28(26,27)23-15-14-17(8-4-5-9-20(24)25)21(23)16-6-2-1-3-7-16;;/h1-4,6-8,10-13,17,21H,5,9,14-15H2,(H,24,25);;/q;+1;-1/b8-4-;;. The van der Waals surface area contributed by atoms with Gasteiger partial charge in [0.05, 0.1) is 10.9 Å². The summed E-state index contributed by atoms with van der Waals surface area (Å²) in [5.74, 6) is -0.860. The maximum absolute atomic E-state index is 13.3. The monoisotopic (exact) mass is 443 g/mol. The molecule has 0 aromatic heterocycles. The zero-order valence-corrected chi connectivity index (χ0v) is 19.8. The number of rotatable bonds is 7. The Hall–Kier alpha value is -1.15. The van der Waals surface area contributed by atoms with Crippen LogP contribution in [0.2, 0.25) is 5.02 Å². The molecule has 2 unspecified atom stereocenters. The predicted molar refractivity (Wildman–Crippen MR) is 110 cm³/mol. The Bertz CT molecular complexity index is 955. The fourth-order valence-electron chi connectivity index (χ4n) is 3.54. The second kappa shape index (κ2) is 10.8. The third-order valence-corrected chi connectivity index (χ3v) is 7.02. The Morgan fingerprint density at radius 2 is 1.83 bits per heavy atom. The van der Waals surface area contributed by atoms with Gasteiger partial charge in [0.15, 0.2) is 0 Å². The molecule has 1 N–H and O–H groups in total. The van der Waals surface area contributed by atoms with Gasteiger partial charge in [0.25, 0.3) is 0 Å². The molecule has 0 saturated carbocycles. The van der Waals surface area contributed by atoms with Crippen LogP contribution in [0.1, 0.15) is 32.3 Å². The van der Waals surface area contributed by atoms with Crippen LogP contribution in [0.4, 0.5) is 0 Å². The molecule has 0 spiro atoms. The summed E-state index contributed by atoms with van der Waals surface area (Å²) in [6.45, 7) is 0.401. The summed E-state index contributed by atoms with van der Waals surface area (Å²) >= 11 is 5.90. The smallest absolute Gasteiger partial charge is 1.00 e. The summed E-state index contributed by atoms with van der Waals surface area (Å²) in [4.78, 5) is 10.9. The average Bonchev–Trinajstić information content (AvgIpc) is 3.11. The summed E-state index contributed by atoms with van der Waals surface area (Å²) < 4.78 is 28.1. The van der Waals surface area contributed by atoms with Gasteiger partial charge < -0.3 is 6.53 Å². The van der Waals surface area contributed by atoms with E-state index in [-0.39, 0.29) is 54.3 Å². The first-order chi connectivity index (χ1) is 13.4. The van der Waals surface area contributed by atoms with E-state index in [9.17, 15) is 13.2 Å². The molecule has 150 valence electrons. The van der Waals surface area contributed by atoms with Crippen LogP contribution in [0.5, 0.6) is 0 Å². The van der Waals surface area contributed by atoms with E-state index in [1.165, 1.54) is 16.4 Å². The number of sulfonamides is 1. The molecule has 0 aliphatic carbocycles. The molecule has 8 heteroatoms. The van der Waals surface area contributed by atoms with Crippen LogP contribution in [0.25, 0.3) is 0 Å². The van der Waals surface area contributed by atoms with Crippen LogP contribution in [0.3, 0.4) is 0 Å². The molecule has 5 nitrogen and oxygen atoms in total. The minimum absolute atomic E-state index is 0. The quantitative estimate of drug-likeness (QED) is 0.521. The Kier molecular flexibility index (Phi) is 8.94. The number of hydrogen-bond acceptors (Lipinski definition) is 3. The topological polar surface area (TPSA) is 74.7 Å². The molecule has 2 aromatic rings. The van der Waals surface area contributed by atoms with Crippen molar-refractivity contribution in [2.75, 3.05) is 6.54 Å². The molecule has 2 atom stereocenters. The van der Waals surface area contributed by atoms with Crippen molar-refractivity contribution in [2.45, 2.75) is 30.2 Å². The van der Waals surface area contributed by atoms with Crippen LogP contribution in [0, 0.1) is 5.92 Å². The number of carbonyl (C=O) groups is 1. The second-order valence-corrected chi connectivity index (χ2v) is 9.07. The maximum Gasteiger partial charge on any atom is 1.00 e. The maximum atomic E-state index is 13.3. The first-order valence-corrected chi connectivity index (χ1v) is 10.9. The number of carboxylic acids is 1. The van der Waals surface area contributed by atoms with Crippen molar-refractivity contribution in [1.29, 1.82) is 0 Å². The van der Waals surface area contributed by atoms with Gasteiger partial charge in [-0.3, -0.25) is 4.79 Å². The molecule has 0 bridgehead atoms. The van der Waals surface area contributed by atoms with Crippen molar-refractivity contribution in [3.63, 3.8) is 0 Å². The Morgan fingerprint density at radius 1 is 1.17 bits per heavy atom. The number of hydrogen-bond donors (Lipinski definition) is 1. The van der Waals surface area contributed by atoms with Gasteiger partial charge in [-0.1, -0.05) is 54.1 Å². The van der Waals surface area contributed by atoms with Gasteiger partial charge in [0.2, 0.25) is 10.0 Å². The van der Waals surface area contributed by atoms with E-state index in [1.807, 2.05) is 42.5 Å². The van der Waals surface area contributed by atoms with Gasteiger partial charge in [0.1, 0.15) is 0 Å². The van der Waals surface area contributed by atoms with Crippen LogP contribution in [-0.2, 0) is 14.8 Å². The molecule has 0 radical (unpaired) electrons. The van der Waals surface area contributed by atoms with Crippen molar-refractivity contribution < 1.29 is 49.3 Å². The number of allylic oxidation sites excluding steroid dienone is 1. The van der Waals surface area contributed by atoms with Gasteiger partial charge in [-0.2, -0.15) is 4.31 Å². The predicted octanol–water partition coefficient (Wildman–Crippen LogP) is 1.63. The summed E-state index contributed by atoms with van der Waals surface area (Å²) in [5.41, 5.74) is 0.922. The Labute approximate surface area is 200 Å². The van der Waals surface area contributed by atoms with Crippen LogP contribution in [-0.4, -0.2) is 30.3 Å². The number of carboxylic acid groups (broad SMARTS) is 1. The first-order valence-electron chi connectivity index (χ1n) is 9.10. The number of aliphatic carboxylic acids is 1. The molecule has 1 heterocycles. The third kappa shape index (κ3) is 5.94. The largest absolute Gasteiger partial charge is 1.00 e. The van der Waals surface area contributed by atoms with Crippen molar-refractivity contribution in [1.82, 2.24) is 4.31 Å². The second-order valence-electron chi connectivity index (χ2n) is 6.74. The van der Waals surface area contributed by atoms with Crippen LogP contribution < -0.4 is 29.6 Å². The number of nitrogens with zero attached hydrogens (tertiary/aromatic N) is 1.